The van der Waals surface area contributed by atoms with Gasteiger partial charge in [-0.15, -0.1) is 0 Å². The molecule has 0 amide bonds. The van der Waals surface area contributed by atoms with Crippen molar-refractivity contribution in [3.63, 3.8) is 0 Å². The molecule has 2 bridgehead atoms. The lowest BCUT2D eigenvalue weighted by molar-refractivity contribution is 0.0413. The summed E-state index contributed by atoms with van der Waals surface area (Å²) in [5.41, 5.74) is 1.41. The summed E-state index contributed by atoms with van der Waals surface area (Å²) >= 11 is 0. The molecule has 6 aliphatic rings. The van der Waals surface area contributed by atoms with Crippen LogP contribution in [0.4, 0.5) is 0 Å². The molecule has 0 aromatic rings. The van der Waals surface area contributed by atoms with Crippen LogP contribution in [0.25, 0.3) is 0 Å². The smallest absolute Gasteiger partial charge is 0.0241 e. The fourth-order valence-corrected chi connectivity index (χ4v) is 8.40. The molecule has 6 rings (SSSR count). The monoisotopic (exact) mass is 663 g/mol. The third-order valence-electron chi connectivity index (χ3n) is 11.3. The van der Waals surface area contributed by atoms with E-state index in [1.165, 1.54) is 84.7 Å². The fourth-order valence-electron chi connectivity index (χ4n) is 8.40. The highest BCUT2D eigenvalue weighted by molar-refractivity contribution is 5.01. The zero-order valence-electron chi connectivity index (χ0n) is 34.1. The van der Waals surface area contributed by atoms with Crippen LogP contribution in [0.1, 0.15) is 123 Å². The molecule has 0 aromatic carbocycles. The molecule has 0 saturated carbocycles. The Balaban J connectivity index is 0.000000171. The van der Waals surface area contributed by atoms with Crippen LogP contribution in [0.2, 0.25) is 0 Å². The molecule has 0 aliphatic carbocycles. The first-order chi connectivity index (χ1) is 21.5. The third kappa shape index (κ3) is 13.1. The zero-order chi connectivity index (χ0) is 35.4. The van der Waals surface area contributed by atoms with Crippen molar-refractivity contribution in [1.82, 2.24) is 40.4 Å². The SMILES string of the molecule is CC(C)(C)N1CC2CC1CN2.CC(C)(C)N1CCN2CCCC2C1.CC1CN(C(C)(C)C)CC(C)N1.CC1CN(C(C)(C)C)CCN1. The molecule has 8 heteroatoms. The van der Waals surface area contributed by atoms with Crippen molar-refractivity contribution in [1.29, 1.82) is 0 Å². The van der Waals surface area contributed by atoms with Crippen molar-refractivity contribution in [3.05, 3.63) is 0 Å². The summed E-state index contributed by atoms with van der Waals surface area (Å²) in [7, 11) is 0. The van der Waals surface area contributed by atoms with Gasteiger partial charge in [0.1, 0.15) is 0 Å². The molecule has 6 aliphatic heterocycles. The first-order valence-corrected chi connectivity index (χ1v) is 19.5. The second-order valence-electron chi connectivity index (χ2n) is 19.8. The molecule has 3 N–H and O–H groups in total. The van der Waals surface area contributed by atoms with Gasteiger partial charge >= 0.3 is 0 Å². The van der Waals surface area contributed by atoms with E-state index in [0.29, 0.717) is 40.3 Å². The highest BCUT2D eigenvalue weighted by Gasteiger charge is 2.42. The lowest BCUT2D eigenvalue weighted by atomic mass is 10.0. The summed E-state index contributed by atoms with van der Waals surface area (Å²) in [6.45, 7) is 47.9. The predicted molar refractivity (Wildman–Crippen MR) is 205 cm³/mol. The van der Waals surface area contributed by atoms with E-state index < -0.39 is 0 Å². The van der Waals surface area contributed by atoms with Crippen LogP contribution < -0.4 is 16.0 Å². The van der Waals surface area contributed by atoms with Crippen molar-refractivity contribution in [2.24, 2.45) is 0 Å². The largest absolute Gasteiger partial charge is 0.312 e. The molecule has 6 fully saturated rings. The van der Waals surface area contributed by atoms with Gasteiger partial charge in [0.2, 0.25) is 0 Å². The van der Waals surface area contributed by atoms with Gasteiger partial charge in [0.05, 0.1) is 0 Å². The van der Waals surface area contributed by atoms with Gasteiger partial charge in [-0.25, -0.2) is 0 Å². The van der Waals surface area contributed by atoms with E-state index in [-0.39, 0.29) is 0 Å². The Bertz CT molecular complexity index is 902. The van der Waals surface area contributed by atoms with Gasteiger partial charge in [0.15, 0.2) is 0 Å². The number of nitrogens with zero attached hydrogens (tertiary/aromatic N) is 5. The summed E-state index contributed by atoms with van der Waals surface area (Å²) in [5.74, 6) is 0. The molecule has 0 radical (unpaired) electrons. The summed E-state index contributed by atoms with van der Waals surface area (Å²) in [6.07, 6.45) is 4.21. The van der Waals surface area contributed by atoms with Gasteiger partial charge in [-0.2, -0.15) is 0 Å². The first kappa shape index (κ1) is 41.1. The Morgan fingerprint density at radius 3 is 1.49 bits per heavy atom. The van der Waals surface area contributed by atoms with Crippen LogP contribution in [0, 0.1) is 0 Å². The van der Waals surface area contributed by atoms with Crippen LogP contribution in [-0.2, 0) is 0 Å². The minimum absolute atomic E-state index is 0.324. The van der Waals surface area contributed by atoms with Crippen LogP contribution >= 0.6 is 0 Å². The normalized spacial score (nSPS) is 33.3. The third-order valence-corrected chi connectivity index (χ3v) is 11.3. The molecule has 6 unspecified atom stereocenters. The molecule has 6 saturated heterocycles. The number of hydrogen-bond donors (Lipinski definition) is 3. The average Bonchev–Trinajstić information content (AvgIpc) is 3.69. The maximum atomic E-state index is 3.54. The minimum atomic E-state index is 0.324. The molecular formula is C39H82N8. The van der Waals surface area contributed by atoms with Crippen molar-refractivity contribution < 1.29 is 0 Å². The number of hydrogen-bond acceptors (Lipinski definition) is 8. The Morgan fingerprint density at radius 1 is 0.511 bits per heavy atom. The molecular weight excluding hydrogens is 580 g/mol. The quantitative estimate of drug-likeness (QED) is 0.338. The van der Waals surface area contributed by atoms with Crippen LogP contribution in [0.15, 0.2) is 0 Å². The van der Waals surface area contributed by atoms with E-state index in [2.05, 4.69) is 144 Å². The molecule has 6 heterocycles. The summed E-state index contributed by atoms with van der Waals surface area (Å²) in [4.78, 5) is 13.0. The van der Waals surface area contributed by atoms with Gasteiger partial charge in [-0.05, 0) is 130 Å². The minimum Gasteiger partial charge on any atom is -0.312 e. The van der Waals surface area contributed by atoms with E-state index in [9.17, 15) is 0 Å². The Labute approximate surface area is 293 Å². The topological polar surface area (TPSA) is 52.3 Å². The van der Waals surface area contributed by atoms with E-state index in [1.54, 1.807) is 0 Å². The zero-order valence-corrected chi connectivity index (χ0v) is 34.1. The van der Waals surface area contributed by atoms with Crippen molar-refractivity contribution in [2.75, 3.05) is 72.0 Å². The fraction of sp³-hybridized carbons (Fsp3) is 1.00. The number of fused-ring (bicyclic) bond motifs is 3. The molecule has 0 aromatic heterocycles. The summed E-state index contributed by atoms with van der Waals surface area (Å²) in [6, 6.07) is 4.40. The number of rotatable bonds is 0. The first-order valence-electron chi connectivity index (χ1n) is 19.5. The van der Waals surface area contributed by atoms with Crippen LogP contribution in [0.3, 0.4) is 0 Å². The molecule has 6 atom stereocenters. The predicted octanol–water partition coefficient (Wildman–Crippen LogP) is 4.94. The second kappa shape index (κ2) is 16.8. The van der Waals surface area contributed by atoms with Gasteiger partial charge in [0, 0.05) is 124 Å². The maximum Gasteiger partial charge on any atom is 0.0241 e. The Morgan fingerprint density at radius 2 is 1.06 bits per heavy atom. The second-order valence-corrected chi connectivity index (χ2v) is 19.8. The highest BCUT2D eigenvalue weighted by Crippen LogP contribution is 2.30. The van der Waals surface area contributed by atoms with E-state index in [1.807, 2.05) is 0 Å². The van der Waals surface area contributed by atoms with E-state index in [0.717, 1.165) is 24.7 Å². The average molecular weight is 663 g/mol. The Hall–Kier alpha value is -0.320. The number of likely N-dealkylation sites (tertiary alicyclic amines) is 1. The maximum absolute atomic E-state index is 3.54. The lowest BCUT2D eigenvalue weighted by Crippen LogP contribution is -2.59. The van der Waals surface area contributed by atoms with Crippen molar-refractivity contribution >= 4 is 0 Å². The van der Waals surface area contributed by atoms with E-state index in [4.69, 9.17) is 0 Å². The molecule has 8 nitrogen and oxygen atoms in total. The van der Waals surface area contributed by atoms with Gasteiger partial charge in [0.25, 0.3) is 0 Å². The van der Waals surface area contributed by atoms with Gasteiger partial charge in [-0.1, -0.05) is 0 Å². The van der Waals surface area contributed by atoms with Crippen molar-refractivity contribution in [3.8, 4) is 0 Å². The lowest BCUT2D eigenvalue weighted by Gasteiger charge is -2.44. The number of nitrogens with one attached hydrogen (secondary N) is 3. The standard InChI is InChI=1S/C11H22N2.C10H22N2.C9H18N2.C9H20N2/c1-11(2,3)13-8-7-12-6-4-5-10(12)9-13;1-8-6-12(10(3,4)5)7-9(2)11-8;1-9(2,3)11-6-7-4-8(11)5-10-7;1-8-7-11(6-5-10-8)9(2,3)4/h10H,4-9H2,1-3H3;8-9,11H,6-7H2,1-5H3;7-8,10H,4-6H2,1-3H3;8,10H,5-7H2,1-4H3. The highest BCUT2D eigenvalue weighted by atomic mass is 15.3. The van der Waals surface area contributed by atoms with Gasteiger partial charge < -0.3 is 16.0 Å². The molecule has 0 spiro atoms. The summed E-state index contributed by atoms with van der Waals surface area (Å²) in [5, 5.41) is 10.5. The Kier molecular flexibility index (Phi) is 14.7. The van der Waals surface area contributed by atoms with Crippen molar-refractivity contribution in [2.45, 2.75) is 182 Å². The molecule has 47 heavy (non-hydrogen) atoms. The molecule has 278 valence electrons. The number of piperazine rings is 4. The summed E-state index contributed by atoms with van der Waals surface area (Å²) < 4.78 is 0. The van der Waals surface area contributed by atoms with Crippen LogP contribution in [0.5, 0.6) is 0 Å². The van der Waals surface area contributed by atoms with E-state index >= 15 is 0 Å². The van der Waals surface area contributed by atoms with Crippen LogP contribution in [-0.4, -0.2) is 155 Å². The van der Waals surface area contributed by atoms with Gasteiger partial charge in [-0.3, -0.25) is 24.5 Å².